The van der Waals surface area contributed by atoms with E-state index >= 15 is 0 Å². The Bertz CT molecular complexity index is 692. The summed E-state index contributed by atoms with van der Waals surface area (Å²) in [6.07, 6.45) is 2.03. The van der Waals surface area contributed by atoms with Crippen molar-refractivity contribution < 1.29 is 14.3 Å². The first-order valence-corrected chi connectivity index (χ1v) is 8.21. The molecule has 0 fully saturated rings. The van der Waals surface area contributed by atoms with Gasteiger partial charge in [0.25, 0.3) is 5.91 Å². The molecule has 5 nitrogen and oxygen atoms in total. The average molecular weight is 365 g/mol. The summed E-state index contributed by atoms with van der Waals surface area (Å²) in [4.78, 5) is 12.4. The van der Waals surface area contributed by atoms with Crippen molar-refractivity contribution in [3.63, 3.8) is 0 Å². The standard InChI is InChI=1S/C19H24N2O3.ClH/c1-3-5-12-24-17-11-10-14(13-18(17)23-4-2)19(22)21-16-9-7-6-8-15(16)20;/h6-11,13H,3-5,12,20H2,1-2H3,(H,21,22);1H. The van der Waals surface area contributed by atoms with Gasteiger partial charge in [-0.2, -0.15) is 0 Å². The molecule has 0 bridgehead atoms. The molecule has 0 saturated heterocycles. The van der Waals surface area contributed by atoms with E-state index in [4.69, 9.17) is 15.2 Å². The van der Waals surface area contributed by atoms with Crippen LogP contribution in [0.4, 0.5) is 11.4 Å². The van der Waals surface area contributed by atoms with Gasteiger partial charge in [0.15, 0.2) is 11.5 Å². The van der Waals surface area contributed by atoms with Gasteiger partial charge in [0.1, 0.15) is 0 Å². The van der Waals surface area contributed by atoms with Crippen LogP contribution in [-0.4, -0.2) is 19.1 Å². The summed E-state index contributed by atoms with van der Waals surface area (Å²) in [5, 5.41) is 2.81. The monoisotopic (exact) mass is 364 g/mol. The lowest BCUT2D eigenvalue weighted by atomic mass is 10.1. The van der Waals surface area contributed by atoms with Crippen molar-refractivity contribution in [3.05, 3.63) is 48.0 Å². The van der Waals surface area contributed by atoms with Crippen molar-refractivity contribution in [1.82, 2.24) is 0 Å². The SMILES string of the molecule is CCCCOc1ccc(C(=O)Nc2ccccc2N)cc1OCC.Cl. The molecular formula is C19H25ClN2O3. The Labute approximate surface area is 154 Å². The molecule has 0 aliphatic carbocycles. The van der Waals surface area contributed by atoms with E-state index in [9.17, 15) is 4.79 Å². The lowest BCUT2D eigenvalue weighted by Crippen LogP contribution is -2.13. The van der Waals surface area contributed by atoms with E-state index in [1.807, 2.05) is 19.1 Å². The molecule has 0 heterocycles. The van der Waals surface area contributed by atoms with Crippen molar-refractivity contribution in [2.75, 3.05) is 24.3 Å². The Morgan fingerprint density at radius 1 is 1.08 bits per heavy atom. The third-order valence-electron chi connectivity index (χ3n) is 3.47. The first-order chi connectivity index (χ1) is 11.7. The van der Waals surface area contributed by atoms with Gasteiger partial charge in [-0.25, -0.2) is 0 Å². The average Bonchev–Trinajstić information content (AvgIpc) is 2.58. The molecule has 136 valence electrons. The van der Waals surface area contributed by atoms with Crippen LogP contribution in [0, 0.1) is 0 Å². The normalized spacial score (nSPS) is 9.84. The number of nitrogens with one attached hydrogen (secondary N) is 1. The van der Waals surface area contributed by atoms with Gasteiger partial charge in [-0.3, -0.25) is 4.79 Å². The third kappa shape index (κ3) is 5.87. The first kappa shape index (κ1) is 20.6. The molecule has 0 atom stereocenters. The first-order valence-electron chi connectivity index (χ1n) is 8.21. The second kappa shape index (κ2) is 10.5. The molecule has 0 aliphatic rings. The summed E-state index contributed by atoms with van der Waals surface area (Å²) in [5.41, 5.74) is 7.46. The van der Waals surface area contributed by atoms with Crippen LogP contribution in [0.2, 0.25) is 0 Å². The Kier molecular flexibility index (Phi) is 8.64. The highest BCUT2D eigenvalue weighted by Crippen LogP contribution is 2.29. The number of halogens is 1. The van der Waals surface area contributed by atoms with Crippen LogP contribution in [0.1, 0.15) is 37.0 Å². The van der Waals surface area contributed by atoms with Crippen molar-refractivity contribution in [2.45, 2.75) is 26.7 Å². The van der Waals surface area contributed by atoms with E-state index in [0.717, 1.165) is 12.8 Å². The molecule has 6 heteroatoms. The summed E-state index contributed by atoms with van der Waals surface area (Å²) in [6, 6.07) is 12.3. The molecule has 0 spiro atoms. The summed E-state index contributed by atoms with van der Waals surface area (Å²) >= 11 is 0. The van der Waals surface area contributed by atoms with Gasteiger partial charge in [0, 0.05) is 5.56 Å². The van der Waals surface area contributed by atoms with E-state index in [1.165, 1.54) is 0 Å². The van der Waals surface area contributed by atoms with Crippen LogP contribution < -0.4 is 20.5 Å². The maximum Gasteiger partial charge on any atom is 0.255 e. The number of benzene rings is 2. The van der Waals surface area contributed by atoms with Crippen LogP contribution in [0.3, 0.4) is 0 Å². The zero-order chi connectivity index (χ0) is 17.4. The van der Waals surface area contributed by atoms with Crippen molar-refractivity contribution >= 4 is 29.7 Å². The largest absolute Gasteiger partial charge is 0.490 e. The van der Waals surface area contributed by atoms with E-state index in [-0.39, 0.29) is 18.3 Å². The number of ether oxygens (including phenoxy) is 2. The molecule has 2 rings (SSSR count). The van der Waals surface area contributed by atoms with Gasteiger partial charge in [0.05, 0.1) is 24.6 Å². The maximum absolute atomic E-state index is 12.4. The molecule has 0 aliphatic heterocycles. The predicted molar refractivity (Wildman–Crippen MR) is 104 cm³/mol. The van der Waals surface area contributed by atoms with Crippen molar-refractivity contribution in [2.24, 2.45) is 0 Å². The lowest BCUT2D eigenvalue weighted by molar-refractivity contribution is 0.102. The molecule has 2 aromatic carbocycles. The predicted octanol–water partition coefficient (Wildman–Crippen LogP) is 4.52. The second-order valence-corrected chi connectivity index (χ2v) is 5.34. The topological polar surface area (TPSA) is 73.6 Å². The Morgan fingerprint density at radius 2 is 1.84 bits per heavy atom. The number of nitrogens with two attached hydrogens (primary N) is 1. The number of rotatable bonds is 8. The summed E-state index contributed by atoms with van der Waals surface area (Å²) in [6.45, 7) is 5.13. The number of carbonyl (C=O) groups excluding carboxylic acids is 1. The minimum Gasteiger partial charge on any atom is -0.490 e. The molecule has 2 aromatic rings. The number of hydrogen-bond donors (Lipinski definition) is 2. The fourth-order valence-corrected chi connectivity index (χ4v) is 2.17. The summed E-state index contributed by atoms with van der Waals surface area (Å²) in [7, 11) is 0. The Morgan fingerprint density at radius 3 is 2.52 bits per heavy atom. The van der Waals surface area contributed by atoms with Gasteiger partial charge in [0.2, 0.25) is 0 Å². The van der Waals surface area contributed by atoms with Crippen LogP contribution in [0.5, 0.6) is 11.5 Å². The fourth-order valence-electron chi connectivity index (χ4n) is 2.17. The van der Waals surface area contributed by atoms with E-state index in [2.05, 4.69) is 12.2 Å². The quantitative estimate of drug-likeness (QED) is 0.533. The number of hydrogen-bond acceptors (Lipinski definition) is 4. The Hall–Kier alpha value is -2.40. The number of nitrogen functional groups attached to an aromatic ring is 1. The zero-order valence-electron chi connectivity index (χ0n) is 14.6. The summed E-state index contributed by atoms with van der Waals surface area (Å²) < 4.78 is 11.3. The van der Waals surface area contributed by atoms with Gasteiger partial charge >= 0.3 is 0 Å². The van der Waals surface area contributed by atoms with Gasteiger partial charge in [-0.05, 0) is 43.7 Å². The molecule has 0 unspecified atom stereocenters. The lowest BCUT2D eigenvalue weighted by Gasteiger charge is -2.13. The smallest absolute Gasteiger partial charge is 0.255 e. The molecule has 3 N–H and O–H groups in total. The van der Waals surface area contributed by atoms with E-state index in [1.54, 1.807) is 30.3 Å². The van der Waals surface area contributed by atoms with Gasteiger partial charge < -0.3 is 20.5 Å². The molecule has 0 saturated carbocycles. The number of unbranched alkanes of at least 4 members (excludes halogenated alkanes) is 1. The minimum atomic E-state index is -0.242. The van der Waals surface area contributed by atoms with E-state index in [0.29, 0.717) is 41.7 Å². The third-order valence-corrected chi connectivity index (χ3v) is 3.47. The van der Waals surface area contributed by atoms with Crippen LogP contribution >= 0.6 is 12.4 Å². The number of para-hydroxylation sites is 2. The zero-order valence-corrected chi connectivity index (χ0v) is 15.4. The highest BCUT2D eigenvalue weighted by atomic mass is 35.5. The van der Waals surface area contributed by atoms with Crippen LogP contribution in [-0.2, 0) is 0 Å². The van der Waals surface area contributed by atoms with Gasteiger partial charge in [-0.15, -0.1) is 12.4 Å². The molecule has 25 heavy (non-hydrogen) atoms. The molecular weight excluding hydrogens is 340 g/mol. The fraction of sp³-hybridized carbons (Fsp3) is 0.316. The van der Waals surface area contributed by atoms with Gasteiger partial charge in [-0.1, -0.05) is 25.5 Å². The summed E-state index contributed by atoms with van der Waals surface area (Å²) in [5.74, 6) is 0.984. The van der Waals surface area contributed by atoms with Crippen molar-refractivity contribution in [1.29, 1.82) is 0 Å². The number of anilines is 2. The maximum atomic E-state index is 12.4. The molecule has 0 radical (unpaired) electrons. The molecule has 1 amide bonds. The minimum absolute atomic E-state index is 0. The number of carbonyl (C=O) groups is 1. The molecule has 0 aromatic heterocycles. The highest BCUT2D eigenvalue weighted by Gasteiger charge is 2.12. The van der Waals surface area contributed by atoms with Crippen molar-refractivity contribution in [3.8, 4) is 11.5 Å². The van der Waals surface area contributed by atoms with Crippen LogP contribution in [0.15, 0.2) is 42.5 Å². The van der Waals surface area contributed by atoms with Crippen LogP contribution in [0.25, 0.3) is 0 Å². The Balaban J connectivity index is 0.00000312. The second-order valence-electron chi connectivity index (χ2n) is 5.34. The highest BCUT2D eigenvalue weighted by molar-refractivity contribution is 6.06. The number of amides is 1. The van der Waals surface area contributed by atoms with E-state index < -0.39 is 0 Å².